The molecule has 0 radical (unpaired) electrons. The number of benzene rings is 2. The van der Waals surface area contributed by atoms with Gasteiger partial charge in [0.05, 0.1) is 17.7 Å². The smallest absolute Gasteiger partial charge is 0.337 e. The molecule has 0 spiro atoms. The molecule has 0 aliphatic rings. The summed E-state index contributed by atoms with van der Waals surface area (Å²) >= 11 is 5.80. The number of methoxy groups -OCH3 is 1. The van der Waals surface area contributed by atoms with E-state index in [0.717, 1.165) is 0 Å². The first kappa shape index (κ1) is 17.6. The summed E-state index contributed by atoms with van der Waals surface area (Å²) in [6.45, 7) is 1.59. The van der Waals surface area contributed by atoms with Gasteiger partial charge in [0.1, 0.15) is 11.5 Å². The van der Waals surface area contributed by atoms with Gasteiger partial charge in [-0.25, -0.2) is 4.79 Å². The van der Waals surface area contributed by atoms with Crippen molar-refractivity contribution in [2.24, 2.45) is 0 Å². The Balaban J connectivity index is 2.06. The van der Waals surface area contributed by atoms with E-state index in [1.807, 2.05) is 0 Å². The molecule has 1 unspecified atom stereocenters. The van der Waals surface area contributed by atoms with E-state index in [1.165, 1.54) is 25.3 Å². The fraction of sp³-hybridized carbons (Fsp3) is 0.176. The number of nitrogens with one attached hydrogen (secondary N) is 1. The molecule has 0 saturated heterocycles. The molecule has 7 heteroatoms. The molecule has 0 aliphatic carbocycles. The quantitative estimate of drug-likeness (QED) is 0.834. The zero-order chi connectivity index (χ0) is 17.7. The number of anilines is 1. The van der Waals surface area contributed by atoms with E-state index < -0.39 is 18.0 Å². The molecule has 2 aromatic rings. The number of carbonyl (C=O) groups is 2. The summed E-state index contributed by atoms with van der Waals surface area (Å²) in [7, 11) is 1.54. The van der Waals surface area contributed by atoms with Crippen LogP contribution in [0.5, 0.6) is 11.5 Å². The summed E-state index contributed by atoms with van der Waals surface area (Å²) in [4.78, 5) is 23.3. The number of hydrogen-bond acceptors (Lipinski definition) is 4. The van der Waals surface area contributed by atoms with Crippen LogP contribution in [0.4, 0.5) is 5.69 Å². The summed E-state index contributed by atoms with van der Waals surface area (Å²) < 4.78 is 10.6. The minimum absolute atomic E-state index is 0.0872. The average Bonchev–Trinajstić information content (AvgIpc) is 2.56. The number of hydrogen-bond donors (Lipinski definition) is 2. The van der Waals surface area contributed by atoms with E-state index in [2.05, 4.69) is 5.32 Å². The molecule has 1 amide bonds. The third-order valence-electron chi connectivity index (χ3n) is 3.19. The number of carbonyl (C=O) groups excluding carboxylic acids is 1. The topological polar surface area (TPSA) is 84.9 Å². The zero-order valence-corrected chi connectivity index (χ0v) is 13.8. The number of halogens is 1. The summed E-state index contributed by atoms with van der Waals surface area (Å²) in [6, 6.07) is 11.1. The van der Waals surface area contributed by atoms with Gasteiger partial charge in [0.25, 0.3) is 5.91 Å². The number of aromatic carboxylic acids is 1. The monoisotopic (exact) mass is 349 g/mol. The van der Waals surface area contributed by atoms with Gasteiger partial charge in [-0.3, -0.25) is 4.79 Å². The van der Waals surface area contributed by atoms with Crippen LogP contribution in [0.2, 0.25) is 5.02 Å². The van der Waals surface area contributed by atoms with E-state index in [0.29, 0.717) is 17.2 Å². The van der Waals surface area contributed by atoms with Crippen LogP contribution in [0.15, 0.2) is 42.5 Å². The van der Waals surface area contributed by atoms with Crippen LogP contribution in [0.1, 0.15) is 17.3 Å². The maximum absolute atomic E-state index is 12.2. The van der Waals surface area contributed by atoms with Crippen molar-refractivity contribution in [3.63, 3.8) is 0 Å². The summed E-state index contributed by atoms with van der Waals surface area (Å²) in [5, 5.41) is 11.7. The van der Waals surface area contributed by atoms with Gasteiger partial charge < -0.3 is 19.9 Å². The second-order valence-corrected chi connectivity index (χ2v) is 5.34. The van der Waals surface area contributed by atoms with E-state index in [1.54, 1.807) is 31.2 Å². The van der Waals surface area contributed by atoms with E-state index >= 15 is 0 Å². The highest BCUT2D eigenvalue weighted by molar-refractivity contribution is 6.33. The lowest BCUT2D eigenvalue weighted by atomic mass is 10.2. The molecule has 6 nitrogen and oxygen atoms in total. The number of carboxylic acids is 1. The molecule has 2 N–H and O–H groups in total. The molecule has 0 aliphatic heterocycles. The molecule has 0 heterocycles. The summed E-state index contributed by atoms with van der Waals surface area (Å²) in [5.74, 6) is -0.489. The Labute approximate surface area is 144 Å². The fourth-order valence-corrected chi connectivity index (χ4v) is 2.14. The van der Waals surface area contributed by atoms with Gasteiger partial charge in [-0.2, -0.15) is 0 Å². The second kappa shape index (κ2) is 7.70. The van der Waals surface area contributed by atoms with E-state index in [4.69, 9.17) is 26.2 Å². The van der Waals surface area contributed by atoms with Gasteiger partial charge in [0.2, 0.25) is 0 Å². The van der Waals surface area contributed by atoms with E-state index in [9.17, 15) is 9.59 Å². The largest absolute Gasteiger partial charge is 0.497 e. The van der Waals surface area contributed by atoms with E-state index in [-0.39, 0.29) is 10.6 Å². The van der Waals surface area contributed by atoms with Crippen molar-refractivity contribution in [1.29, 1.82) is 0 Å². The van der Waals surface area contributed by atoms with Crippen molar-refractivity contribution in [3.05, 3.63) is 53.1 Å². The lowest BCUT2D eigenvalue weighted by molar-refractivity contribution is -0.122. The summed E-state index contributed by atoms with van der Waals surface area (Å²) in [5.41, 5.74) is 0.235. The predicted octanol–water partition coefficient (Wildman–Crippen LogP) is 3.45. The first-order chi connectivity index (χ1) is 11.4. The van der Waals surface area contributed by atoms with Crippen LogP contribution in [0, 0.1) is 0 Å². The van der Waals surface area contributed by atoms with Crippen LogP contribution in [0.3, 0.4) is 0 Å². The lowest BCUT2D eigenvalue weighted by Crippen LogP contribution is -2.30. The van der Waals surface area contributed by atoms with Crippen molar-refractivity contribution < 1.29 is 24.2 Å². The third-order valence-corrected chi connectivity index (χ3v) is 3.52. The average molecular weight is 350 g/mol. The Hall–Kier alpha value is -2.73. The zero-order valence-electron chi connectivity index (χ0n) is 13.1. The highest BCUT2D eigenvalue weighted by Crippen LogP contribution is 2.22. The van der Waals surface area contributed by atoms with Crippen LogP contribution in [0.25, 0.3) is 0 Å². The lowest BCUT2D eigenvalue weighted by Gasteiger charge is -2.15. The van der Waals surface area contributed by atoms with Crippen LogP contribution in [-0.4, -0.2) is 30.2 Å². The van der Waals surface area contributed by atoms with Gasteiger partial charge in [-0.15, -0.1) is 0 Å². The SMILES string of the molecule is COc1cccc(OC(C)C(=O)Nc2ccc(Cl)c(C(=O)O)c2)c1. The number of rotatable bonds is 6. The maximum Gasteiger partial charge on any atom is 0.337 e. The normalized spacial score (nSPS) is 11.5. The number of ether oxygens (including phenoxy) is 2. The Morgan fingerprint density at radius 3 is 2.54 bits per heavy atom. The van der Waals surface area contributed by atoms with Crippen LogP contribution < -0.4 is 14.8 Å². The molecule has 24 heavy (non-hydrogen) atoms. The second-order valence-electron chi connectivity index (χ2n) is 4.93. The first-order valence-electron chi connectivity index (χ1n) is 7.05. The first-order valence-corrected chi connectivity index (χ1v) is 7.43. The molecule has 2 aromatic carbocycles. The Kier molecular flexibility index (Phi) is 5.65. The number of carboxylic acid groups (broad SMARTS) is 1. The van der Waals surface area contributed by atoms with Crippen molar-refractivity contribution in [3.8, 4) is 11.5 Å². The minimum Gasteiger partial charge on any atom is -0.497 e. The molecule has 0 saturated carbocycles. The molecule has 0 bridgehead atoms. The van der Waals surface area contributed by atoms with Gasteiger partial charge in [0, 0.05) is 11.8 Å². The molecule has 126 valence electrons. The van der Waals surface area contributed by atoms with Gasteiger partial charge in [0.15, 0.2) is 6.10 Å². The maximum atomic E-state index is 12.2. The third kappa shape index (κ3) is 4.39. The molecular formula is C17H16ClNO5. The van der Waals surface area contributed by atoms with Crippen molar-refractivity contribution in [2.45, 2.75) is 13.0 Å². The summed E-state index contributed by atoms with van der Waals surface area (Å²) in [6.07, 6.45) is -0.791. The van der Waals surface area contributed by atoms with Gasteiger partial charge in [-0.05, 0) is 37.3 Å². The van der Waals surface area contributed by atoms with Gasteiger partial charge >= 0.3 is 5.97 Å². The molecule has 0 aromatic heterocycles. The van der Waals surface area contributed by atoms with Crippen LogP contribution >= 0.6 is 11.6 Å². The standard InChI is InChI=1S/C17H16ClNO5/c1-10(24-13-5-3-4-12(9-13)23-2)16(20)19-11-6-7-15(18)14(8-11)17(21)22/h3-10H,1-2H3,(H,19,20)(H,21,22). The molecular weight excluding hydrogens is 334 g/mol. The van der Waals surface area contributed by atoms with Crippen molar-refractivity contribution in [1.82, 2.24) is 0 Å². The molecule has 0 fully saturated rings. The Morgan fingerprint density at radius 1 is 1.17 bits per heavy atom. The fourth-order valence-electron chi connectivity index (χ4n) is 1.94. The Morgan fingerprint density at radius 2 is 1.88 bits per heavy atom. The molecule has 1 atom stereocenters. The predicted molar refractivity (Wildman–Crippen MR) is 90.1 cm³/mol. The van der Waals surface area contributed by atoms with Gasteiger partial charge in [-0.1, -0.05) is 17.7 Å². The number of amides is 1. The van der Waals surface area contributed by atoms with Crippen LogP contribution in [-0.2, 0) is 4.79 Å². The Bertz CT molecular complexity index is 762. The highest BCUT2D eigenvalue weighted by atomic mass is 35.5. The highest BCUT2D eigenvalue weighted by Gasteiger charge is 2.17. The van der Waals surface area contributed by atoms with Crippen molar-refractivity contribution >= 4 is 29.2 Å². The molecule has 2 rings (SSSR count). The van der Waals surface area contributed by atoms with Crippen molar-refractivity contribution in [2.75, 3.05) is 12.4 Å². The minimum atomic E-state index is -1.17.